The molecule has 2 aromatic heterocycles. The first-order valence-corrected chi connectivity index (χ1v) is 11.0. The van der Waals surface area contributed by atoms with Crippen molar-refractivity contribution in [2.75, 3.05) is 31.1 Å². The summed E-state index contributed by atoms with van der Waals surface area (Å²) in [7, 11) is 0. The number of nitrogens with one attached hydrogen (secondary N) is 1. The predicted molar refractivity (Wildman–Crippen MR) is 113 cm³/mol. The number of carbonyl (C=O) groups excluding carboxylic acids is 1. The van der Waals surface area contributed by atoms with Crippen LogP contribution in [0.4, 0.5) is 10.1 Å². The van der Waals surface area contributed by atoms with Crippen LogP contribution >= 0.6 is 0 Å². The summed E-state index contributed by atoms with van der Waals surface area (Å²) in [6.07, 6.45) is 5.62. The summed E-state index contributed by atoms with van der Waals surface area (Å²) in [5, 5.41) is 3.57. The lowest BCUT2D eigenvalue weighted by Crippen LogP contribution is -2.40. The lowest BCUT2D eigenvalue weighted by atomic mass is 9.94. The molecule has 0 bridgehead atoms. The number of ether oxygens (including phenoxy) is 1. The maximum atomic E-state index is 15.4. The quantitative estimate of drug-likeness (QED) is 0.781. The molecule has 7 heteroatoms. The van der Waals surface area contributed by atoms with Crippen molar-refractivity contribution in [3.63, 3.8) is 0 Å². The maximum Gasteiger partial charge on any atom is 0.343 e. The second-order valence-electron chi connectivity index (χ2n) is 8.85. The number of esters is 1. The first kappa shape index (κ1) is 19.5. The monoisotopic (exact) mass is 413 g/mol. The van der Waals surface area contributed by atoms with Gasteiger partial charge in [0, 0.05) is 19.1 Å². The molecule has 0 radical (unpaired) electrons. The van der Waals surface area contributed by atoms with Gasteiger partial charge in [-0.1, -0.05) is 0 Å². The standard InChI is InChI=1S/C23H28FN3O3/c1-3-30-23(29)17-9-16(14-6-7-14)20-13(2)21(18(24)11-27(20)22(17)28)26-10-15-5-4-8-25-19(15)12-26/h9,11,14-15,19,25H,3-8,10,12H2,1-2H3/t15-,19+/m1/s1. The Morgan fingerprint density at radius 1 is 1.30 bits per heavy atom. The largest absolute Gasteiger partial charge is 0.462 e. The number of piperidine rings is 1. The predicted octanol–water partition coefficient (Wildman–Crippen LogP) is 2.99. The highest BCUT2D eigenvalue weighted by molar-refractivity contribution is 5.90. The van der Waals surface area contributed by atoms with Gasteiger partial charge in [0.1, 0.15) is 5.56 Å². The van der Waals surface area contributed by atoms with E-state index < -0.39 is 17.3 Å². The Morgan fingerprint density at radius 3 is 2.80 bits per heavy atom. The summed E-state index contributed by atoms with van der Waals surface area (Å²) in [4.78, 5) is 27.5. The molecule has 1 saturated carbocycles. The van der Waals surface area contributed by atoms with E-state index in [-0.39, 0.29) is 12.2 Å². The van der Waals surface area contributed by atoms with Crippen LogP contribution in [0.25, 0.3) is 5.52 Å². The normalized spacial score (nSPS) is 23.6. The molecule has 1 aliphatic carbocycles. The fourth-order valence-electron chi connectivity index (χ4n) is 5.32. The van der Waals surface area contributed by atoms with E-state index in [2.05, 4.69) is 10.2 Å². The Morgan fingerprint density at radius 2 is 2.10 bits per heavy atom. The van der Waals surface area contributed by atoms with Gasteiger partial charge in [0.25, 0.3) is 5.56 Å². The van der Waals surface area contributed by atoms with Gasteiger partial charge in [-0.25, -0.2) is 9.18 Å². The molecule has 3 fully saturated rings. The van der Waals surface area contributed by atoms with Crippen molar-refractivity contribution in [1.29, 1.82) is 0 Å². The third-order valence-corrected chi connectivity index (χ3v) is 6.87. The number of aryl methyl sites for hydroxylation is 1. The number of hydrogen-bond donors (Lipinski definition) is 1. The van der Waals surface area contributed by atoms with Crippen LogP contribution < -0.4 is 15.8 Å². The SMILES string of the molecule is CCOC(=O)c1cc(C2CC2)c2c(C)c(N3C[C@H]4CCCN[C@H]4C3)c(F)cn2c1=O. The van der Waals surface area contributed by atoms with Crippen molar-refractivity contribution in [2.45, 2.75) is 51.5 Å². The minimum atomic E-state index is -0.643. The van der Waals surface area contributed by atoms with Crippen LogP contribution in [0, 0.1) is 18.7 Å². The molecule has 5 rings (SSSR count). The van der Waals surface area contributed by atoms with E-state index in [1.807, 2.05) is 6.92 Å². The van der Waals surface area contributed by atoms with E-state index in [0.717, 1.165) is 62.0 Å². The van der Waals surface area contributed by atoms with Crippen LogP contribution in [0.3, 0.4) is 0 Å². The maximum absolute atomic E-state index is 15.4. The molecule has 2 aliphatic heterocycles. The van der Waals surface area contributed by atoms with Crippen LogP contribution in [0.5, 0.6) is 0 Å². The lowest BCUT2D eigenvalue weighted by Gasteiger charge is -2.24. The molecule has 30 heavy (non-hydrogen) atoms. The van der Waals surface area contributed by atoms with Gasteiger partial charge in [0.15, 0.2) is 5.82 Å². The van der Waals surface area contributed by atoms with Crippen LogP contribution in [-0.2, 0) is 4.74 Å². The molecule has 0 aromatic carbocycles. The number of rotatable bonds is 4. The summed E-state index contributed by atoms with van der Waals surface area (Å²) in [6.45, 7) is 6.43. The molecule has 6 nitrogen and oxygen atoms in total. The third kappa shape index (κ3) is 3.11. The molecule has 0 amide bonds. The second-order valence-corrected chi connectivity index (χ2v) is 8.85. The molecule has 0 unspecified atom stereocenters. The molecule has 3 aliphatic rings. The summed E-state index contributed by atoms with van der Waals surface area (Å²) in [6, 6.07) is 2.08. The summed E-state index contributed by atoms with van der Waals surface area (Å²) in [5.74, 6) is -0.224. The van der Waals surface area contributed by atoms with E-state index in [1.165, 1.54) is 10.6 Å². The summed E-state index contributed by atoms with van der Waals surface area (Å²) < 4.78 is 21.8. The lowest BCUT2D eigenvalue weighted by molar-refractivity contribution is 0.0524. The van der Waals surface area contributed by atoms with Crippen LogP contribution in [0.1, 0.15) is 60.0 Å². The molecule has 2 saturated heterocycles. The number of nitrogens with zero attached hydrogens (tertiary/aromatic N) is 2. The summed E-state index contributed by atoms with van der Waals surface area (Å²) >= 11 is 0. The molecular formula is C23H28FN3O3. The molecule has 1 N–H and O–H groups in total. The summed E-state index contributed by atoms with van der Waals surface area (Å²) in [5.41, 5.74) is 2.54. The number of anilines is 1. The van der Waals surface area contributed by atoms with Gasteiger partial charge < -0.3 is 15.0 Å². The highest BCUT2D eigenvalue weighted by Gasteiger charge is 2.37. The van der Waals surface area contributed by atoms with Gasteiger partial charge in [-0.15, -0.1) is 0 Å². The van der Waals surface area contributed by atoms with Gasteiger partial charge in [-0.3, -0.25) is 9.20 Å². The van der Waals surface area contributed by atoms with Gasteiger partial charge >= 0.3 is 5.97 Å². The topological polar surface area (TPSA) is 63.1 Å². The first-order valence-electron chi connectivity index (χ1n) is 11.0. The number of fused-ring (bicyclic) bond motifs is 2. The zero-order valence-corrected chi connectivity index (χ0v) is 17.5. The Hall–Kier alpha value is -2.41. The number of pyridine rings is 2. The van der Waals surface area contributed by atoms with Gasteiger partial charge in [-0.2, -0.15) is 0 Å². The molecule has 2 aromatic rings. The van der Waals surface area contributed by atoms with E-state index >= 15 is 4.39 Å². The number of aromatic nitrogens is 1. The Bertz CT molecular complexity index is 1060. The minimum absolute atomic E-state index is 0.0146. The van der Waals surface area contributed by atoms with E-state index in [0.29, 0.717) is 23.6 Å². The highest BCUT2D eigenvalue weighted by Crippen LogP contribution is 2.44. The molecular weight excluding hydrogens is 385 g/mol. The Labute approximate surface area is 175 Å². The van der Waals surface area contributed by atoms with E-state index in [9.17, 15) is 9.59 Å². The average molecular weight is 413 g/mol. The average Bonchev–Trinajstić information content (AvgIpc) is 3.47. The van der Waals surface area contributed by atoms with Crippen molar-refractivity contribution in [2.24, 2.45) is 5.92 Å². The minimum Gasteiger partial charge on any atom is -0.462 e. The molecule has 160 valence electrons. The zero-order chi connectivity index (χ0) is 21.0. The van der Waals surface area contributed by atoms with Crippen molar-refractivity contribution in [3.8, 4) is 0 Å². The fraction of sp³-hybridized carbons (Fsp3) is 0.565. The van der Waals surface area contributed by atoms with Crippen LogP contribution in [0.2, 0.25) is 0 Å². The second kappa shape index (κ2) is 7.38. The molecule has 0 spiro atoms. The number of carbonyl (C=O) groups is 1. The van der Waals surface area contributed by atoms with Gasteiger partial charge in [0.2, 0.25) is 0 Å². The first-order chi connectivity index (χ1) is 14.5. The smallest absolute Gasteiger partial charge is 0.343 e. The van der Waals surface area contributed by atoms with Crippen LogP contribution in [-0.4, -0.2) is 42.7 Å². The van der Waals surface area contributed by atoms with Crippen molar-refractivity contribution >= 4 is 17.2 Å². The fourth-order valence-corrected chi connectivity index (χ4v) is 5.32. The number of halogens is 1. The molecule has 2 atom stereocenters. The Kier molecular flexibility index (Phi) is 4.81. The molecule has 4 heterocycles. The van der Waals surface area contributed by atoms with Crippen molar-refractivity contribution in [1.82, 2.24) is 9.72 Å². The highest BCUT2D eigenvalue weighted by atomic mass is 19.1. The van der Waals surface area contributed by atoms with E-state index in [1.54, 1.807) is 13.0 Å². The van der Waals surface area contributed by atoms with E-state index in [4.69, 9.17) is 4.74 Å². The van der Waals surface area contributed by atoms with Gasteiger partial charge in [-0.05, 0) is 75.1 Å². The third-order valence-electron chi connectivity index (χ3n) is 6.87. The van der Waals surface area contributed by atoms with Crippen molar-refractivity contribution in [3.05, 3.63) is 45.1 Å². The van der Waals surface area contributed by atoms with Crippen molar-refractivity contribution < 1.29 is 13.9 Å². The van der Waals surface area contributed by atoms with Crippen LogP contribution in [0.15, 0.2) is 17.1 Å². The zero-order valence-electron chi connectivity index (χ0n) is 17.5. The Balaban J connectivity index is 1.66. The van der Waals surface area contributed by atoms with Gasteiger partial charge in [0.05, 0.1) is 24.0 Å². The number of hydrogen-bond acceptors (Lipinski definition) is 5.